The van der Waals surface area contributed by atoms with Gasteiger partial charge in [-0.05, 0) is 26.2 Å². The molecule has 1 amide bonds. The molecule has 1 N–H and O–H groups in total. The van der Waals surface area contributed by atoms with Crippen molar-refractivity contribution in [3.63, 3.8) is 0 Å². The van der Waals surface area contributed by atoms with E-state index in [4.69, 9.17) is 0 Å². The summed E-state index contributed by atoms with van der Waals surface area (Å²) in [6.07, 6.45) is 4.97. The van der Waals surface area contributed by atoms with E-state index < -0.39 is 9.84 Å². The molecule has 2 atom stereocenters. The molecular weight excluding hydrogens is 350 g/mol. The van der Waals surface area contributed by atoms with Crippen molar-refractivity contribution in [1.82, 2.24) is 15.1 Å². The van der Waals surface area contributed by atoms with Crippen LogP contribution in [0.1, 0.15) is 39.0 Å². The van der Waals surface area contributed by atoms with Gasteiger partial charge in [0.05, 0.1) is 18.1 Å². The first kappa shape index (κ1) is 19.9. The minimum atomic E-state index is -2.96. The normalized spacial score (nSPS) is 30.9. The molecule has 0 aromatic carbocycles. The molecule has 2 saturated heterocycles. The Morgan fingerprint density at radius 1 is 1.21 bits per heavy atom. The predicted molar refractivity (Wildman–Crippen MR) is 97.3 cm³/mol. The van der Waals surface area contributed by atoms with Crippen LogP contribution in [0.5, 0.6) is 0 Å². The highest BCUT2D eigenvalue weighted by molar-refractivity contribution is 7.91. The molecule has 1 unspecified atom stereocenters. The fourth-order valence-corrected chi connectivity index (χ4v) is 5.97. The summed E-state index contributed by atoms with van der Waals surface area (Å²) in [5.74, 6) is 0.526. The van der Waals surface area contributed by atoms with Gasteiger partial charge in [0.15, 0.2) is 9.84 Å². The number of piperazine rings is 1. The molecule has 1 saturated carbocycles. The van der Waals surface area contributed by atoms with Crippen LogP contribution < -0.4 is 5.32 Å². The Labute approximate surface area is 151 Å². The lowest BCUT2D eigenvalue weighted by Crippen LogP contribution is -2.56. The third-order valence-electron chi connectivity index (χ3n) is 5.59. The lowest BCUT2D eigenvalue weighted by Gasteiger charge is -2.38. The van der Waals surface area contributed by atoms with E-state index in [0.29, 0.717) is 19.0 Å². The van der Waals surface area contributed by atoms with E-state index in [1.807, 2.05) is 4.90 Å². The summed E-state index contributed by atoms with van der Waals surface area (Å²) in [7, 11) is -2.96. The Morgan fingerprint density at radius 3 is 2.50 bits per heavy atom. The van der Waals surface area contributed by atoms with Crippen molar-refractivity contribution in [2.24, 2.45) is 0 Å². The molecule has 24 heavy (non-hydrogen) atoms. The predicted octanol–water partition coefficient (Wildman–Crippen LogP) is 0.660. The first-order valence-corrected chi connectivity index (χ1v) is 10.7. The highest BCUT2D eigenvalue weighted by Crippen LogP contribution is 2.29. The Morgan fingerprint density at radius 2 is 1.92 bits per heavy atom. The number of amides is 1. The second kappa shape index (κ2) is 8.34. The quantitative estimate of drug-likeness (QED) is 0.777. The molecule has 0 bridgehead atoms. The van der Waals surface area contributed by atoms with Gasteiger partial charge < -0.3 is 10.2 Å². The summed E-state index contributed by atoms with van der Waals surface area (Å²) in [5.41, 5.74) is 0. The number of carbonyl (C=O) groups excluding carboxylic acids is 1. The fourth-order valence-electron chi connectivity index (χ4n) is 4.26. The van der Waals surface area contributed by atoms with Crippen LogP contribution in [0.2, 0.25) is 0 Å². The van der Waals surface area contributed by atoms with Crippen molar-refractivity contribution < 1.29 is 13.2 Å². The Balaban J connectivity index is 0.00000208. The van der Waals surface area contributed by atoms with Crippen molar-refractivity contribution in [2.45, 2.75) is 57.2 Å². The maximum absolute atomic E-state index is 13.0. The topological polar surface area (TPSA) is 69.7 Å². The number of nitrogens with zero attached hydrogens (tertiary/aromatic N) is 2. The number of nitrogens with one attached hydrogen (secondary N) is 1. The molecule has 0 radical (unpaired) electrons. The van der Waals surface area contributed by atoms with Crippen LogP contribution >= 0.6 is 12.4 Å². The molecule has 0 aromatic heterocycles. The first-order valence-electron chi connectivity index (χ1n) is 8.92. The molecule has 3 fully saturated rings. The summed E-state index contributed by atoms with van der Waals surface area (Å²) in [4.78, 5) is 17.2. The molecule has 2 heterocycles. The van der Waals surface area contributed by atoms with Crippen molar-refractivity contribution in [1.29, 1.82) is 0 Å². The number of hydrogen-bond acceptors (Lipinski definition) is 5. The maximum Gasteiger partial charge on any atom is 0.237 e. The van der Waals surface area contributed by atoms with Gasteiger partial charge in [0.25, 0.3) is 0 Å². The summed E-state index contributed by atoms with van der Waals surface area (Å²) in [5, 5.41) is 3.34. The van der Waals surface area contributed by atoms with E-state index in [9.17, 15) is 13.2 Å². The van der Waals surface area contributed by atoms with Crippen LogP contribution in [-0.2, 0) is 14.6 Å². The molecule has 6 nitrogen and oxygen atoms in total. The van der Waals surface area contributed by atoms with E-state index in [0.717, 1.165) is 45.3 Å². The van der Waals surface area contributed by atoms with Gasteiger partial charge in [-0.2, -0.15) is 0 Å². The monoisotopic (exact) mass is 379 g/mol. The van der Waals surface area contributed by atoms with Crippen LogP contribution in [-0.4, -0.2) is 79.9 Å². The average molecular weight is 380 g/mol. The zero-order chi connectivity index (χ0) is 16.4. The molecule has 3 rings (SSSR count). The molecule has 140 valence electrons. The number of halogens is 1. The number of carbonyl (C=O) groups is 1. The largest absolute Gasteiger partial charge is 0.335 e. The Bertz CT molecular complexity index is 537. The zero-order valence-corrected chi connectivity index (χ0v) is 16.1. The van der Waals surface area contributed by atoms with Gasteiger partial charge in [0, 0.05) is 37.8 Å². The Kier molecular flexibility index (Phi) is 6.93. The maximum atomic E-state index is 13.0. The van der Waals surface area contributed by atoms with Gasteiger partial charge in [-0.15, -0.1) is 12.4 Å². The zero-order valence-electron chi connectivity index (χ0n) is 14.4. The molecule has 0 aromatic rings. The van der Waals surface area contributed by atoms with Crippen LogP contribution in [0.3, 0.4) is 0 Å². The van der Waals surface area contributed by atoms with E-state index in [1.54, 1.807) is 0 Å². The minimum absolute atomic E-state index is 0. The summed E-state index contributed by atoms with van der Waals surface area (Å²) in [6.45, 7) is 5.27. The fraction of sp³-hybridized carbons (Fsp3) is 0.938. The lowest BCUT2D eigenvalue weighted by molar-refractivity contribution is -0.137. The molecule has 3 aliphatic rings. The van der Waals surface area contributed by atoms with Crippen molar-refractivity contribution in [3.05, 3.63) is 0 Å². The highest BCUT2D eigenvalue weighted by Gasteiger charge is 2.39. The standard InChI is InChI=1S/C16H29N3O3S.ClH/c1-13-10-17-7-8-18(13)11-16(20)19(14-4-2-3-5-14)15-6-9-23(21,22)12-15;/h13-15,17H,2-12H2,1H3;1H/t13-,15?;/m1./s1. The minimum Gasteiger partial charge on any atom is -0.335 e. The highest BCUT2D eigenvalue weighted by atomic mass is 35.5. The third kappa shape index (κ3) is 4.62. The Hall–Kier alpha value is -0.370. The van der Waals surface area contributed by atoms with E-state index in [-0.39, 0.29) is 41.9 Å². The third-order valence-corrected chi connectivity index (χ3v) is 7.34. The first-order chi connectivity index (χ1) is 11.0. The number of sulfone groups is 1. The van der Waals surface area contributed by atoms with Crippen molar-refractivity contribution >= 4 is 28.2 Å². The van der Waals surface area contributed by atoms with Gasteiger partial charge >= 0.3 is 0 Å². The van der Waals surface area contributed by atoms with Gasteiger partial charge in [0.1, 0.15) is 0 Å². The summed E-state index contributed by atoms with van der Waals surface area (Å²) < 4.78 is 23.7. The average Bonchev–Trinajstić information content (AvgIpc) is 3.12. The summed E-state index contributed by atoms with van der Waals surface area (Å²) >= 11 is 0. The van der Waals surface area contributed by atoms with Crippen LogP contribution in [0.15, 0.2) is 0 Å². The number of hydrogen-bond donors (Lipinski definition) is 1. The SMILES string of the molecule is C[C@@H]1CNCCN1CC(=O)N(C1CCCC1)C1CCS(=O)(=O)C1.Cl. The molecule has 1 aliphatic carbocycles. The van der Waals surface area contributed by atoms with Gasteiger partial charge in [-0.25, -0.2) is 8.42 Å². The molecule has 8 heteroatoms. The van der Waals surface area contributed by atoms with Crippen molar-refractivity contribution in [3.8, 4) is 0 Å². The van der Waals surface area contributed by atoms with Crippen LogP contribution in [0.4, 0.5) is 0 Å². The second-order valence-electron chi connectivity index (χ2n) is 7.32. The van der Waals surface area contributed by atoms with E-state index in [1.165, 1.54) is 0 Å². The summed E-state index contributed by atoms with van der Waals surface area (Å²) in [6, 6.07) is 0.498. The number of rotatable bonds is 4. The van der Waals surface area contributed by atoms with Crippen LogP contribution in [0.25, 0.3) is 0 Å². The smallest absolute Gasteiger partial charge is 0.237 e. The molecule has 0 spiro atoms. The molecule has 2 aliphatic heterocycles. The van der Waals surface area contributed by atoms with E-state index >= 15 is 0 Å². The lowest BCUT2D eigenvalue weighted by atomic mass is 10.1. The van der Waals surface area contributed by atoms with Crippen molar-refractivity contribution in [2.75, 3.05) is 37.7 Å². The molecular formula is C16H30ClN3O3S. The van der Waals surface area contributed by atoms with Gasteiger partial charge in [-0.1, -0.05) is 12.8 Å². The van der Waals surface area contributed by atoms with Gasteiger partial charge in [0.2, 0.25) is 5.91 Å². The second-order valence-corrected chi connectivity index (χ2v) is 9.55. The van der Waals surface area contributed by atoms with Crippen LogP contribution in [0, 0.1) is 0 Å². The van der Waals surface area contributed by atoms with E-state index in [2.05, 4.69) is 17.1 Å². The van der Waals surface area contributed by atoms with Gasteiger partial charge in [-0.3, -0.25) is 9.69 Å².